The van der Waals surface area contributed by atoms with Crippen LogP contribution in [-0.4, -0.2) is 5.78 Å². The highest BCUT2D eigenvalue weighted by atomic mass is 16.3. The second-order valence-corrected chi connectivity index (χ2v) is 5.25. The molecular weight excluding hydrogens is 236 g/mol. The highest BCUT2D eigenvalue weighted by molar-refractivity contribution is 6.07. The van der Waals surface area contributed by atoms with Crippen molar-refractivity contribution in [2.24, 2.45) is 5.92 Å². The number of carbonyl (C=O) groups is 1. The number of aryl methyl sites for hydroxylation is 1. The Hall–Kier alpha value is -1.83. The summed E-state index contributed by atoms with van der Waals surface area (Å²) in [6.07, 6.45) is 1.79. The van der Waals surface area contributed by atoms with E-state index in [1.807, 2.05) is 31.2 Å². The van der Waals surface area contributed by atoms with Gasteiger partial charge in [0.25, 0.3) is 0 Å². The Morgan fingerprint density at radius 2 is 2.00 bits per heavy atom. The fraction of sp³-hybridized carbons (Fsp3) is 0.353. The van der Waals surface area contributed by atoms with Crippen molar-refractivity contribution in [1.82, 2.24) is 0 Å². The van der Waals surface area contributed by atoms with Crippen molar-refractivity contribution in [2.75, 3.05) is 0 Å². The van der Waals surface area contributed by atoms with E-state index in [1.54, 1.807) is 6.07 Å². The zero-order valence-electron chi connectivity index (χ0n) is 11.8. The molecule has 0 unspecified atom stereocenters. The number of hydrogen-bond donors (Lipinski definition) is 0. The van der Waals surface area contributed by atoms with Gasteiger partial charge in [0.15, 0.2) is 5.76 Å². The van der Waals surface area contributed by atoms with Crippen molar-refractivity contribution >= 4 is 5.78 Å². The predicted molar refractivity (Wildman–Crippen MR) is 76.5 cm³/mol. The van der Waals surface area contributed by atoms with Crippen LogP contribution < -0.4 is 0 Å². The molecule has 1 heterocycles. The van der Waals surface area contributed by atoms with Gasteiger partial charge in [0.05, 0.1) is 0 Å². The predicted octanol–water partition coefficient (Wildman–Crippen LogP) is 4.27. The first-order chi connectivity index (χ1) is 9.10. The molecule has 2 nitrogen and oxygen atoms in total. The molecule has 2 heteroatoms. The van der Waals surface area contributed by atoms with E-state index in [0.717, 1.165) is 18.6 Å². The van der Waals surface area contributed by atoms with Crippen LogP contribution >= 0.6 is 0 Å². The molecule has 0 spiro atoms. The van der Waals surface area contributed by atoms with Gasteiger partial charge in [-0.15, -0.1) is 0 Å². The van der Waals surface area contributed by atoms with E-state index in [2.05, 4.69) is 19.9 Å². The van der Waals surface area contributed by atoms with E-state index in [-0.39, 0.29) is 5.78 Å². The molecule has 2 rings (SSSR count). The number of hydrogen-bond acceptors (Lipinski definition) is 2. The van der Waals surface area contributed by atoms with Crippen LogP contribution in [0.5, 0.6) is 0 Å². The Balaban J connectivity index is 2.23. The molecule has 0 atom stereocenters. The van der Waals surface area contributed by atoms with Gasteiger partial charge in [-0.1, -0.05) is 39.0 Å². The summed E-state index contributed by atoms with van der Waals surface area (Å²) in [6, 6.07) is 11.4. The lowest BCUT2D eigenvalue weighted by molar-refractivity contribution is 0.101. The van der Waals surface area contributed by atoms with E-state index < -0.39 is 0 Å². The average molecular weight is 256 g/mol. The van der Waals surface area contributed by atoms with Crippen LogP contribution in [-0.2, 0) is 12.8 Å². The first-order valence-electron chi connectivity index (χ1n) is 6.82. The molecule has 0 aliphatic rings. The molecular formula is C17H20O2. The van der Waals surface area contributed by atoms with Crippen LogP contribution in [0.15, 0.2) is 40.8 Å². The topological polar surface area (TPSA) is 30.2 Å². The van der Waals surface area contributed by atoms with Crippen LogP contribution in [0.3, 0.4) is 0 Å². The number of carbonyl (C=O) groups excluding carboxylic acids is 1. The second kappa shape index (κ2) is 5.87. The summed E-state index contributed by atoms with van der Waals surface area (Å²) in [5, 5.41) is 0. The summed E-state index contributed by atoms with van der Waals surface area (Å²) >= 11 is 0. The van der Waals surface area contributed by atoms with Gasteiger partial charge in [0.1, 0.15) is 5.76 Å². The first-order valence-corrected chi connectivity index (χ1v) is 6.82. The summed E-state index contributed by atoms with van der Waals surface area (Å²) in [5.41, 5.74) is 1.90. The van der Waals surface area contributed by atoms with Gasteiger partial charge in [0, 0.05) is 12.0 Å². The Kier molecular flexibility index (Phi) is 4.20. The average Bonchev–Trinajstić information content (AvgIpc) is 2.86. The third-order valence-electron chi connectivity index (χ3n) is 3.07. The minimum atomic E-state index is -0.0368. The molecule has 0 amide bonds. The number of ketones is 1. The smallest absolute Gasteiger partial charge is 0.228 e. The summed E-state index contributed by atoms with van der Waals surface area (Å²) in [4.78, 5) is 12.3. The van der Waals surface area contributed by atoms with Gasteiger partial charge in [0.2, 0.25) is 5.78 Å². The maximum absolute atomic E-state index is 12.3. The van der Waals surface area contributed by atoms with Crippen LogP contribution in [0.1, 0.15) is 48.2 Å². The van der Waals surface area contributed by atoms with Crippen molar-refractivity contribution < 1.29 is 9.21 Å². The molecule has 0 N–H and O–H groups in total. The molecule has 0 saturated heterocycles. The zero-order valence-corrected chi connectivity index (χ0v) is 11.8. The third-order valence-corrected chi connectivity index (χ3v) is 3.07. The van der Waals surface area contributed by atoms with Gasteiger partial charge in [-0.2, -0.15) is 0 Å². The van der Waals surface area contributed by atoms with Crippen molar-refractivity contribution in [1.29, 1.82) is 0 Å². The molecule has 0 aliphatic heterocycles. The van der Waals surface area contributed by atoms with E-state index in [9.17, 15) is 4.79 Å². The molecule has 2 aromatic rings. The number of benzene rings is 1. The molecule has 0 fully saturated rings. The number of furan rings is 1. The van der Waals surface area contributed by atoms with Crippen LogP contribution in [0.25, 0.3) is 0 Å². The second-order valence-electron chi connectivity index (χ2n) is 5.25. The summed E-state index contributed by atoms with van der Waals surface area (Å²) < 4.78 is 5.52. The fourth-order valence-electron chi connectivity index (χ4n) is 2.14. The third kappa shape index (κ3) is 3.34. The highest BCUT2D eigenvalue weighted by Gasteiger charge is 2.13. The molecule has 0 aliphatic carbocycles. The van der Waals surface area contributed by atoms with Gasteiger partial charge >= 0.3 is 0 Å². The van der Waals surface area contributed by atoms with Gasteiger partial charge in [-0.05, 0) is 36.1 Å². The van der Waals surface area contributed by atoms with Crippen molar-refractivity contribution in [2.45, 2.75) is 33.6 Å². The summed E-state index contributed by atoms with van der Waals surface area (Å²) in [7, 11) is 0. The lowest BCUT2D eigenvalue weighted by Gasteiger charge is -2.06. The van der Waals surface area contributed by atoms with Crippen molar-refractivity contribution in [3.8, 4) is 0 Å². The normalized spacial score (nSPS) is 10.9. The van der Waals surface area contributed by atoms with Crippen LogP contribution in [0, 0.1) is 5.92 Å². The molecule has 1 aromatic heterocycles. The van der Waals surface area contributed by atoms with E-state index in [4.69, 9.17) is 4.42 Å². The minimum Gasteiger partial charge on any atom is -0.458 e. The Morgan fingerprint density at radius 3 is 2.63 bits per heavy atom. The maximum Gasteiger partial charge on any atom is 0.228 e. The summed E-state index contributed by atoms with van der Waals surface area (Å²) in [6.45, 7) is 6.36. The standard InChI is InChI=1S/C17H20O2/c1-4-15-8-9-16(19-15)17(18)14-7-5-6-13(11-14)10-12(2)3/h5-9,11-12H,4,10H2,1-3H3. The quantitative estimate of drug-likeness (QED) is 0.748. The highest BCUT2D eigenvalue weighted by Crippen LogP contribution is 2.16. The Morgan fingerprint density at radius 1 is 1.21 bits per heavy atom. The first kappa shape index (κ1) is 13.6. The molecule has 1 aromatic carbocycles. The van der Waals surface area contributed by atoms with E-state index in [1.165, 1.54) is 5.56 Å². The van der Waals surface area contributed by atoms with Crippen LogP contribution in [0.4, 0.5) is 0 Å². The lowest BCUT2D eigenvalue weighted by Crippen LogP contribution is -2.02. The SMILES string of the molecule is CCc1ccc(C(=O)c2cccc(CC(C)C)c2)o1. The van der Waals surface area contributed by atoms with E-state index >= 15 is 0 Å². The van der Waals surface area contributed by atoms with Crippen molar-refractivity contribution in [3.63, 3.8) is 0 Å². The molecule has 0 saturated carbocycles. The molecule has 100 valence electrons. The molecule has 19 heavy (non-hydrogen) atoms. The Bertz CT molecular complexity index is 564. The van der Waals surface area contributed by atoms with Crippen LogP contribution in [0.2, 0.25) is 0 Å². The van der Waals surface area contributed by atoms with E-state index in [0.29, 0.717) is 17.2 Å². The minimum absolute atomic E-state index is 0.0368. The van der Waals surface area contributed by atoms with Gasteiger partial charge in [-0.25, -0.2) is 0 Å². The molecule has 0 bridgehead atoms. The largest absolute Gasteiger partial charge is 0.458 e. The van der Waals surface area contributed by atoms with Crippen molar-refractivity contribution in [3.05, 3.63) is 59.0 Å². The molecule has 0 radical (unpaired) electrons. The lowest BCUT2D eigenvalue weighted by atomic mass is 9.99. The van der Waals surface area contributed by atoms with Gasteiger partial charge in [-0.3, -0.25) is 4.79 Å². The monoisotopic (exact) mass is 256 g/mol. The summed E-state index contributed by atoms with van der Waals surface area (Å²) in [5.74, 6) is 1.83. The fourth-order valence-corrected chi connectivity index (χ4v) is 2.14. The maximum atomic E-state index is 12.3. The Labute approximate surface area is 114 Å². The zero-order chi connectivity index (χ0) is 13.8. The number of rotatable bonds is 5. The van der Waals surface area contributed by atoms with Gasteiger partial charge < -0.3 is 4.42 Å².